The predicted octanol–water partition coefficient (Wildman–Crippen LogP) is 0.610. The van der Waals surface area contributed by atoms with E-state index in [-0.39, 0.29) is 19.5 Å². The number of ether oxygens (including phenoxy) is 1. The third kappa shape index (κ3) is 6.21. The molecule has 0 spiro atoms. The number of rotatable bonds is 7. The van der Waals surface area contributed by atoms with E-state index in [1.807, 2.05) is 0 Å². The first-order valence-electron chi connectivity index (χ1n) is 5.39. The Labute approximate surface area is 110 Å². The zero-order valence-electron chi connectivity index (χ0n) is 10.9. The summed E-state index contributed by atoms with van der Waals surface area (Å²) < 4.78 is 65.8. The van der Waals surface area contributed by atoms with E-state index in [0.29, 0.717) is 8.61 Å². The van der Waals surface area contributed by atoms with Gasteiger partial charge in [0.15, 0.2) is 0 Å². The van der Waals surface area contributed by atoms with Crippen molar-refractivity contribution in [3.63, 3.8) is 0 Å². The van der Waals surface area contributed by atoms with Crippen LogP contribution >= 0.6 is 0 Å². The number of nitrogens with zero attached hydrogens (tertiary/aromatic N) is 2. The fourth-order valence-corrected chi connectivity index (χ4v) is 2.57. The Morgan fingerprint density at radius 1 is 1.32 bits per heavy atom. The van der Waals surface area contributed by atoms with Gasteiger partial charge in [-0.1, -0.05) is 6.92 Å². The van der Waals surface area contributed by atoms with Crippen LogP contribution in [0.1, 0.15) is 13.3 Å². The summed E-state index contributed by atoms with van der Waals surface area (Å²) in [6, 6.07) is 0. The lowest BCUT2D eigenvalue weighted by Gasteiger charge is -2.26. The SMILES string of the molecule is CCN(CC(F)(F)F)S(=O)(=O)N(C)CCC(=O)OC. The van der Waals surface area contributed by atoms with Crippen LogP contribution in [0.3, 0.4) is 0 Å². The molecule has 0 saturated heterocycles. The minimum Gasteiger partial charge on any atom is -0.469 e. The van der Waals surface area contributed by atoms with Crippen molar-refractivity contribution in [1.82, 2.24) is 8.61 Å². The summed E-state index contributed by atoms with van der Waals surface area (Å²) in [5, 5.41) is 0. The zero-order valence-corrected chi connectivity index (χ0v) is 11.7. The first kappa shape index (κ1) is 18.1. The first-order valence-corrected chi connectivity index (χ1v) is 6.79. The van der Waals surface area contributed by atoms with Gasteiger partial charge in [0, 0.05) is 20.1 Å². The van der Waals surface area contributed by atoms with Crippen LogP contribution in [0.25, 0.3) is 0 Å². The van der Waals surface area contributed by atoms with Crippen molar-refractivity contribution in [1.29, 1.82) is 0 Å². The van der Waals surface area contributed by atoms with Gasteiger partial charge in [0.05, 0.1) is 13.5 Å². The fraction of sp³-hybridized carbons (Fsp3) is 0.889. The van der Waals surface area contributed by atoms with E-state index in [0.717, 1.165) is 14.2 Å². The summed E-state index contributed by atoms with van der Waals surface area (Å²) in [7, 11) is -2.00. The second kappa shape index (κ2) is 7.06. The summed E-state index contributed by atoms with van der Waals surface area (Å²) >= 11 is 0. The van der Waals surface area contributed by atoms with Gasteiger partial charge in [-0.05, 0) is 0 Å². The molecule has 0 unspecified atom stereocenters. The molecule has 10 heteroatoms. The number of hydrogen-bond acceptors (Lipinski definition) is 4. The summed E-state index contributed by atoms with van der Waals surface area (Å²) in [6.45, 7) is -0.820. The molecule has 114 valence electrons. The Balaban J connectivity index is 4.77. The number of alkyl halides is 3. The molecule has 0 rings (SSSR count). The first-order chi connectivity index (χ1) is 8.54. The Morgan fingerprint density at radius 3 is 2.21 bits per heavy atom. The second-order valence-electron chi connectivity index (χ2n) is 3.70. The van der Waals surface area contributed by atoms with Crippen LogP contribution in [0.4, 0.5) is 13.2 Å². The predicted molar refractivity (Wildman–Crippen MR) is 61.5 cm³/mol. The molecule has 19 heavy (non-hydrogen) atoms. The highest BCUT2D eigenvalue weighted by atomic mass is 32.2. The molecule has 0 radical (unpaired) electrons. The van der Waals surface area contributed by atoms with Crippen molar-refractivity contribution in [2.45, 2.75) is 19.5 Å². The fourth-order valence-electron chi connectivity index (χ4n) is 1.22. The van der Waals surface area contributed by atoms with E-state index in [1.54, 1.807) is 0 Å². The van der Waals surface area contributed by atoms with Crippen molar-refractivity contribution in [2.75, 3.05) is 33.8 Å². The van der Waals surface area contributed by atoms with Crippen LogP contribution in [0, 0.1) is 0 Å². The van der Waals surface area contributed by atoms with Gasteiger partial charge in [-0.3, -0.25) is 4.79 Å². The van der Waals surface area contributed by atoms with Crippen LogP contribution in [0.5, 0.6) is 0 Å². The van der Waals surface area contributed by atoms with E-state index in [1.165, 1.54) is 6.92 Å². The monoisotopic (exact) mass is 306 g/mol. The number of carbonyl (C=O) groups is 1. The maximum Gasteiger partial charge on any atom is 0.402 e. The lowest BCUT2D eigenvalue weighted by molar-refractivity contribution is -0.141. The molecular formula is C9H17F3N2O4S. The third-order valence-corrected chi connectivity index (χ3v) is 4.30. The van der Waals surface area contributed by atoms with E-state index in [4.69, 9.17) is 0 Å². The lowest BCUT2D eigenvalue weighted by atomic mass is 10.4. The Kier molecular flexibility index (Phi) is 6.73. The second-order valence-corrected chi connectivity index (χ2v) is 5.73. The maximum absolute atomic E-state index is 12.3. The summed E-state index contributed by atoms with van der Waals surface area (Å²) in [5.41, 5.74) is 0. The summed E-state index contributed by atoms with van der Waals surface area (Å²) in [5.74, 6) is -0.638. The van der Waals surface area contributed by atoms with E-state index >= 15 is 0 Å². The normalized spacial score (nSPS) is 13.1. The molecule has 0 fully saturated rings. The van der Waals surface area contributed by atoms with Crippen LogP contribution < -0.4 is 0 Å². The molecule has 0 atom stereocenters. The highest BCUT2D eigenvalue weighted by molar-refractivity contribution is 7.86. The van der Waals surface area contributed by atoms with Crippen molar-refractivity contribution in [2.24, 2.45) is 0 Å². The number of esters is 1. The van der Waals surface area contributed by atoms with Crippen LogP contribution in [0.2, 0.25) is 0 Å². The van der Waals surface area contributed by atoms with E-state index < -0.39 is 28.9 Å². The summed E-state index contributed by atoms with van der Waals surface area (Å²) in [4.78, 5) is 10.9. The average Bonchev–Trinajstić information content (AvgIpc) is 2.30. The molecule has 0 heterocycles. The molecule has 0 aliphatic carbocycles. The molecule has 0 aliphatic rings. The Morgan fingerprint density at radius 2 is 1.84 bits per heavy atom. The van der Waals surface area contributed by atoms with E-state index in [2.05, 4.69) is 4.74 Å². The molecule has 0 N–H and O–H groups in total. The van der Waals surface area contributed by atoms with Gasteiger partial charge in [-0.25, -0.2) is 0 Å². The van der Waals surface area contributed by atoms with Crippen LogP contribution in [0.15, 0.2) is 0 Å². The van der Waals surface area contributed by atoms with Gasteiger partial charge in [0.2, 0.25) is 0 Å². The molecule has 0 saturated carbocycles. The molecule has 0 aliphatic heterocycles. The lowest BCUT2D eigenvalue weighted by Crippen LogP contribution is -2.46. The quantitative estimate of drug-likeness (QED) is 0.646. The molecule has 0 aromatic heterocycles. The van der Waals surface area contributed by atoms with Gasteiger partial charge in [0.25, 0.3) is 10.2 Å². The van der Waals surface area contributed by atoms with Gasteiger partial charge in [-0.2, -0.15) is 30.2 Å². The van der Waals surface area contributed by atoms with E-state index in [9.17, 15) is 26.4 Å². The minimum absolute atomic E-state index is 0.226. The van der Waals surface area contributed by atoms with Crippen molar-refractivity contribution < 1.29 is 31.1 Å². The molecule has 0 amide bonds. The van der Waals surface area contributed by atoms with Gasteiger partial charge in [-0.15, -0.1) is 0 Å². The molecule has 0 aromatic carbocycles. The van der Waals surface area contributed by atoms with Crippen molar-refractivity contribution in [3.8, 4) is 0 Å². The third-order valence-electron chi connectivity index (χ3n) is 2.29. The molecular weight excluding hydrogens is 289 g/mol. The largest absolute Gasteiger partial charge is 0.469 e. The highest BCUT2D eigenvalue weighted by Gasteiger charge is 2.37. The van der Waals surface area contributed by atoms with Gasteiger partial charge < -0.3 is 4.74 Å². The average molecular weight is 306 g/mol. The van der Waals surface area contributed by atoms with Gasteiger partial charge in [0.1, 0.15) is 6.54 Å². The highest BCUT2D eigenvalue weighted by Crippen LogP contribution is 2.19. The Bertz CT molecular complexity index is 397. The number of halogens is 3. The number of methoxy groups -OCH3 is 1. The molecule has 6 nitrogen and oxygen atoms in total. The van der Waals surface area contributed by atoms with Crippen LogP contribution in [-0.4, -0.2) is 63.0 Å². The topological polar surface area (TPSA) is 66.9 Å². The standard InChI is InChI=1S/C9H17F3N2O4S/c1-4-14(7-9(10,11)12)19(16,17)13(2)6-5-8(15)18-3/h4-7H2,1-3H3. The molecule has 0 aromatic rings. The van der Waals surface area contributed by atoms with Crippen molar-refractivity contribution >= 4 is 16.2 Å². The summed E-state index contributed by atoms with van der Waals surface area (Å²) in [6.07, 6.45) is -4.85. The smallest absolute Gasteiger partial charge is 0.402 e. The number of hydrogen-bond donors (Lipinski definition) is 0. The minimum atomic E-state index is -4.62. The maximum atomic E-state index is 12.3. The zero-order chi connectivity index (χ0) is 15.3. The number of carbonyl (C=O) groups excluding carboxylic acids is 1. The molecule has 0 bridgehead atoms. The van der Waals surface area contributed by atoms with Crippen molar-refractivity contribution in [3.05, 3.63) is 0 Å². The van der Waals surface area contributed by atoms with Gasteiger partial charge >= 0.3 is 12.1 Å². The van der Waals surface area contributed by atoms with Crippen LogP contribution in [-0.2, 0) is 19.7 Å². The Hall–Kier alpha value is -0.870.